The Morgan fingerprint density at radius 2 is 1.89 bits per heavy atom. The predicted molar refractivity (Wildman–Crippen MR) is 110 cm³/mol. The van der Waals surface area contributed by atoms with E-state index in [4.69, 9.17) is 4.98 Å². The zero-order chi connectivity index (χ0) is 19.7. The zero-order valence-electron chi connectivity index (χ0n) is 15.5. The summed E-state index contributed by atoms with van der Waals surface area (Å²) in [5.41, 5.74) is 1.45. The number of likely N-dealkylation sites (tertiary alicyclic amines) is 1. The largest absolute Gasteiger partial charge is 0.329 e. The quantitative estimate of drug-likeness (QED) is 0.706. The molecule has 2 aromatic carbocycles. The molecule has 3 aromatic rings. The van der Waals surface area contributed by atoms with E-state index in [2.05, 4.69) is 4.72 Å². The van der Waals surface area contributed by atoms with Gasteiger partial charge in [-0.3, -0.25) is 4.79 Å². The molecule has 1 atom stereocenters. The van der Waals surface area contributed by atoms with Gasteiger partial charge in [0.05, 0.1) is 21.2 Å². The van der Waals surface area contributed by atoms with Crippen molar-refractivity contribution in [3.05, 3.63) is 59.1 Å². The number of amides is 1. The molecule has 8 heteroatoms. The Labute approximate surface area is 168 Å². The van der Waals surface area contributed by atoms with Crippen LogP contribution in [-0.2, 0) is 10.0 Å². The van der Waals surface area contributed by atoms with Crippen LogP contribution in [0.1, 0.15) is 40.7 Å². The van der Waals surface area contributed by atoms with Crippen LogP contribution >= 0.6 is 11.3 Å². The SMILES string of the molecule is CNS(=O)(=O)c1ccc(C(=O)N2CCCC[C@@H]2c2nc3ccccc3s2)cc1. The monoisotopic (exact) mass is 415 g/mol. The molecule has 1 aliphatic rings. The van der Waals surface area contributed by atoms with E-state index in [1.807, 2.05) is 29.2 Å². The highest BCUT2D eigenvalue weighted by Crippen LogP contribution is 2.36. The second-order valence-corrected chi connectivity index (χ2v) is 9.71. The lowest BCUT2D eigenvalue weighted by molar-refractivity contribution is 0.0611. The molecular formula is C20H21N3O3S2. The Morgan fingerprint density at radius 3 is 2.61 bits per heavy atom. The third-order valence-electron chi connectivity index (χ3n) is 5.04. The van der Waals surface area contributed by atoms with E-state index in [9.17, 15) is 13.2 Å². The lowest BCUT2D eigenvalue weighted by atomic mass is 10.0. The maximum Gasteiger partial charge on any atom is 0.254 e. The zero-order valence-corrected chi connectivity index (χ0v) is 17.1. The van der Waals surface area contributed by atoms with Gasteiger partial charge in [0.25, 0.3) is 5.91 Å². The molecule has 1 N–H and O–H groups in total. The fourth-order valence-corrected chi connectivity index (χ4v) is 5.37. The van der Waals surface area contributed by atoms with Crippen LogP contribution in [0, 0.1) is 0 Å². The molecule has 0 bridgehead atoms. The summed E-state index contributed by atoms with van der Waals surface area (Å²) >= 11 is 1.64. The molecular weight excluding hydrogens is 394 g/mol. The molecule has 0 unspecified atom stereocenters. The van der Waals surface area contributed by atoms with E-state index in [1.165, 1.54) is 19.2 Å². The van der Waals surface area contributed by atoms with Crippen molar-refractivity contribution in [1.29, 1.82) is 0 Å². The normalized spacial score (nSPS) is 17.8. The van der Waals surface area contributed by atoms with Crippen LogP contribution in [0.3, 0.4) is 0 Å². The summed E-state index contributed by atoms with van der Waals surface area (Å²) in [4.78, 5) is 19.9. The topological polar surface area (TPSA) is 79.4 Å². The number of para-hydroxylation sites is 1. The molecule has 1 saturated heterocycles. The molecule has 0 aliphatic carbocycles. The lowest BCUT2D eigenvalue weighted by Crippen LogP contribution is -2.38. The molecule has 1 amide bonds. The first-order chi connectivity index (χ1) is 13.5. The highest BCUT2D eigenvalue weighted by molar-refractivity contribution is 7.89. The second-order valence-electron chi connectivity index (χ2n) is 6.76. The molecule has 0 radical (unpaired) electrons. The summed E-state index contributed by atoms with van der Waals surface area (Å²) in [5.74, 6) is -0.0858. The van der Waals surface area contributed by atoms with Crippen molar-refractivity contribution in [2.45, 2.75) is 30.2 Å². The molecule has 146 valence electrons. The van der Waals surface area contributed by atoms with Gasteiger partial charge in [0, 0.05) is 12.1 Å². The number of hydrogen-bond acceptors (Lipinski definition) is 5. The van der Waals surface area contributed by atoms with Gasteiger partial charge in [-0.2, -0.15) is 0 Å². The molecule has 1 aromatic heterocycles. The van der Waals surface area contributed by atoms with Crippen molar-refractivity contribution in [3.63, 3.8) is 0 Å². The van der Waals surface area contributed by atoms with Gasteiger partial charge < -0.3 is 4.90 Å². The number of carbonyl (C=O) groups is 1. The van der Waals surface area contributed by atoms with Crippen LogP contribution in [0.2, 0.25) is 0 Å². The fraction of sp³-hybridized carbons (Fsp3) is 0.300. The first-order valence-electron chi connectivity index (χ1n) is 9.19. The highest BCUT2D eigenvalue weighted by atomic mass is 32.2. The van der Waals surface area contributed by atoms with Gasteiger partial charge in [0.15, 0.2) is 0 Å². The molecule has 6 nitrogen and oxygen atoms in total. The second kappa shape index (κ2) is 7.62. The molecule has 2 heterocycles. The van der Waals surface area contributed by atoms with Gasteiger partial charge in [-0.15, -0.1) is 11.3 Å². The molecule has 0 saturated carbocycles. The van der Waals surface area contributed by atoms with Crippen molar-refractivity contribution < 1.29 is 13.2 Å². The van der Waals surface area contributed by atoms with Crippen LogP contribution in [-0.4, -0.2) is 37.8 Å². The number of nitrogens with zero attached hydrogens (tertiary/aromatic N) is 2. The van der Waals surface area contributed by atoms with Crippen LogP contribution < -0.4 is 4.72 Å². The molecule has 0 spiro atoms. The van der Waals surface area contributed by atoms with Crippen LogP contribution in [0.4, 0.5) is 0 Å². The van der Waals surface area contributed by atoms with E-state index in [0.717, 1.165) is 34.5 Å². The minimum Gasteiger partial charge on any atom is -0.329 e. The Hall–Kier alpha value is -2.29. The number of nitrogens with one attached hydrogen (secondary N) is 1. The smallest absolute Gasteiger partial charge is 0.254 e. The number of carbonyl (C=O) groups excluding carboxylic acids is 1. The number of benzene rings is 2. The Balaban J connectivity index is 1.63. The van der Waals surface area contributed by atoms with Gasteiger partial charge in [0.2, 0.25) is 10.0 Å². The third kappa shape index (κ3) is 3.55. The summed E-state index contributed by atoms with van der Waals surface area (Å²) in [6.45, 7) is 0.677. The summed E-state index contributed by atoms with van der Waals surface area (Å²) in [5, 5.41) is 0.962. The van der Waals surface area contributed by atoms with E-state index in [1.54, 1.807) is 23.5 Å². The summed E-state index contributed by atoms with van der Waals surface area (Å²) in [6.07, 6.45) is 2.90. The van der Waals surface area contributed by atoms with Gasteiger partial charge in [-0.05, 0) is 62.7 Å². The standard InChI is InChI=1S/C20H21N3O3S2/c1-21-28(25,26)15-11-9-14(10-12-15)20(24)23-13-5-4-7-17(23)19-22-16-6-2-3-8-18(16)27-19/h2-3,6,8-12,17,21H,4-5,7,13H2,1H3/t17-/m1/s1. The highest BCUT2D eigenvalue weighted by Gasteiger charge is 2.31. The van der Waals surface area contributed by atoms with E-state index >= 15 is 0 Å². The Morgan fingerprint density at radius 1 is 1.14 bits per heavy atom. The number of fused-ring (bicyclic) bond motifs is 1. The van der Waals surface area contributed by atoms with Crippen molar-refractivity contribution in [2.75, 3.05) is 13.6 Å². The predicted octanol–water partition coefficient (Wildman–Crippen LogP) is 3.57. The van der Waals surface area contributed by atoms with E-state index < -0.39 is 10.0 Å². The van der Waals surface area contributed by atoms with Crippen molar-refractivity contribution in [3.8, 4) is 0 Å². The number of sulfonamides is 1. The van der Waals surface area contributed by atoms with Crippen LogP contribution in [0.15, 0.2) is 53.4 Å². The number of piperidine rings is 1. The third-order valence-corrected chi connectivity index (χ3v) is 7.61. The fourth-order valence-electron chi connectivity index (χ4n) is 3.52. The number of hydrogen-bond donors (Lipinski definition) is 1. The van der Waals surface area contributed by atoms with Crippen molar-refractivity contribution >= 4 is 37.5 Å². The molecule has 1 fully saturated rings. The lowest BCUT2D eigenvalue weighted by Gasteiger charge is -2.34. The summed E-state index contributed by atoms with van der Waals surface area (Å²) in [7, 11) is -2.15. The average Bonchev–Trinajstić information content (AvgIpc) is 3.17. The maximum atomic E-state index is 13.2. The summed E-state index contributed by atoms with van der Waals surface area (Å²) in [6, 6.07) is 14.1. The first kappa shape index (κ1) is 19.0. The Bertz CT molecular complexity index is 1070. The van der Waals surface area contributed by atoms with E-state index in [-0.39, 0.29) is 16.8 Å². The molecule has 28 heavy (non-hydrogen) atoms. The van der Waals surface area contributed by atoms with Crippen LogP contribution in [0.25, 0.3) is 10.2 Å². The number of rotatable bonds is 4. The number of thiazole rings is 1. The van der Waals surface area contributed by atoms with Gasteiger partial charge in [-0.25, -0.2) is 18.1 Å². The number of aromatic nitrogens is 1. The van der Waals surface area contributed by atoms with E-state index in [0.29, 0.717) is 12.1 Å². The summed E-state index contributed by atoms with van der Waals surface area (Å²) < 4.78 is 27.2. The Kier molecular flexibility index (Phi) is 5.18. The van der Waals surface area contributed by atoms with Gasteiger partial charge >= 0.3 is 0 Å². The average molecular weight is 416 g/mol. The minimum absolute atomic E-state index is 0.0423. The maximum absolute atomic E-state index is 13.2. The van der Waals surface area contributed by atoms with Gasteiger partial charge in [0.1, 0.15) is 5.01 Å². The van der Waals surface area contributed by atoms with Crippen molar-refractivity contribution in [1.82, 2.24) is 14.6 Å². The molecule has 4 rings (SSSR count). The van der Waals surface area contributed by atoms with Gasteiger partial charge in [-0.1, -0.05) is 12.1 Å². The first-order valence-corrected chi connectivity index (χ1v) is 11.5. The minimum atomic E-state index is -3.52. The van der Waals surface area contributed by atoms with Crippen LogP contribution in [0.5, 0.6) is 0 Å². The molecule has 1 aliphatic heterocycles. The van der Waals surface area contributed by atoms with Crippen molar-refractivity contribution in [2.24, 2.45) is 0 Å².